The van der Waals surface area contributed by atoms with Gasteiger partial charge in [-0.05, 0) is 52.3 Å². The summed E-state index contributed by atoms with van der Waals surface area (Å²) < 4.78 is 14.4. The van der Waals surface area contributed by atoms with Crippen LogP contribution in [-0.4, -0.2) is 6.54 Å². The maximum absolute atomic E-state index is 13.4. The third kappa shape index (κ3) is 3.12. The van der Waals surface area contributed by atoms with Crippen LogP contribution in [0.1, 0.15) is 23.4 Å². The third-order valence-corrected chi connectivity index (χ3v) is 4.65. The van der Waals surface area contributed by atoms with Crippen molar-refractivity contribution < 1.29 is 4.39 Å². The van der Waals surface area contributed by atoms with E-state index in [-0.39, 0.29) is 11.9 Å². The highest BCUT2D eigenvalue weighted by Crippen LogP contribution is 2.33. The molecule has 0 spiro atoms. The lowest BCUT2D eigenvalue weighted by molar-refractivity contribution is 0.607. The molecule has 1 unspecified atom stereocenters. The van der Waals surface area contributed by atoms with Crippen molar-refractivity contribution in [3.63, 3.8) is 0 Å². The van der Waals surface area contributed by atoms with Gasteiger partial charge < -0.3 is 5.32 Å². The second-order valence-electron chi connectivity index (χ2n) is 3.82. The summed E-state index contributed by atoms with van der Waals surface area (Å²) in [6.07, 6.45) is 0. The lowest BCUT2D eigenvalue weighted by Gasteiger charge is -2.18. The van der Waals surface area contributed by atoms with E-state index >= 15 is 0 Å². The van der Waals surface area contributed by atoms with Crippen LogP contribution in [0.3, 0.4) is 0 Å². The fraction of sp³-hybridized carbons (Fsp3) is 0.231. The molecule has 0 saturated heterocycles. The first-order valence-corrected chi connectivity index (χ1v) is 7.59. The van der Waals surface area contributed by atoms with Gasteiger partial charge in [0, 0.05) is 19.8 Å². The standard InChI is InChI=1S/C13H12BrClFNS/c1-2-17-13(12-5-8(14)7-18-12)10-6-9(16)3-4-11(10)15/h3-7,13,17H,2H2,1H3. The zero-order chi connectivity index (χ0) is 13.1. The summed E-state index contributed by atoms with van der Waals surface area (Å²) in [4.78, 5) is 1.11. The van der Waals surface area contributed by atoms with E-state index in [1.807, 2.05) is 18.4 Å². The van der Waals surface area contributed by atoms with Gasteiger partial charge in [0.1, 0.15) is 5.82 Å². The number of benzene rings is 1. The first-order valence-electron chi connectivity index (χ1n) is 5.54. The van der Waals surface area contributed by atoms with Gasteiger partial charge in [0.05, 0.1) is 6.04 Å². The van der Waals surface area contributed by atoms with Crippen LogP contribution in [0.4, 0.5) is 4.39 Å². The maximum Gasteiger partial charge on any atom is 0.123 e. The quantitative estimate of drug-likeness (QED) is 0.819. The second-order valence-corrected chi connectivity index (χ2v) is 6.09. The summed E-state index contributed by atoms with van der Waals surface area (Å²) in [5.41, 5.74) is 0.771. The number of hydrogen-bond acceptors (Lipinski definition) is 2. The molecule has 1 aromatic heterocycles. The smallest absolute Gasteiger partial charge is 0.123 e. The molecule has 0 radical (unpaired) electrons. The molecule has 1 nitrogen and oxygen atoms in total. The van der Waals surface area contributed by atoms with Gasteiger partial charge in [0.15, 0.2) is 0 Å². The summed E-state index contributed by atoms with van der Waals surface area (Å²) in [7, 11) is 0. The van der Waals surface area contributed by atoms with Gasteiger partial charge in [-0.15, -0.1) is 11.3 Å². The Morgan fingerprint density at radius 3 is 2.83 bits per heavy atom. The molecule has 0 aliphatic carbocycles. The topological polar surface area (TPSA) is 12.0 Å². The van der Waals surface area contributed by atoms with E-state index in [4.69, 9.17) is 11.6 Å². The monoisotopic (exact) mass is 347 g/mol. The number of hydrogen-bond donors (Lipinski definition) is 1. The minimum Gasteiger partial charge on any atom is -0.306 e. The fourth-order valence-electron chi connectivity index (χ4n) is 1.78. The predicted octanol–water partition coefficient (Wildman–Crippen LogP) is 5.00. The van der Waals surface area contributed by atoms with Crippen LogP contribution in [0.25, 0.3) is 0 Å². The van der Waals surface area contributed by atoms with E-state index < -0.39 is 0 Å². The van der Waals surface area contributed by atoms with Crippen LogP contribution in [0, 0.1) is 5.82 Å². The molecule has 0 amide bonds. The summed E-state index contributed by atoms with van der Waals surface area (Å²) in [6, 6.07) is 6.41. The molecular formula is C13H12BrClFNS. The summed E-state index contributed by atoms with van der Waals surface area (Å²) >= 11 is 11.2. The van der Waals surface area contributed by atoms with Crippen molar-refractivity contribution in [2.24, 2.45) is 0 Å². The highest BCUT2D eigenvalue weighted by molar-refractivity contribution is 9.10. The van der Waals surface area contributed by atoms with Crippen LogP contribution in [0.15, 0.2) is 34.1 Å². The van der Waals surface area contributed by atoms with E-state index in [0.29, 0.717) is 5.02 Å². The first kappa shape index (κ1) is 14.0. The Labute approximate surface area is 123 Å². The van der Waals surface area contributed by atoms with Crippen molar-refractivity contribution in [2.75, 3.05) is 6.54 Å². The molecule has 2 rings (SSSR count). The van der Waals surface area contributed by atoms with E-state index in [9.17, 15) is 4.39 Å². The van der Waals surface area contributed by atoms with Crippen molar-refractivity contribution in [2.45, 2.75) is 13.0 Å². The highest BCUT2D eigenvalue weighted by Gasteiger charge is 2.18. The Kier molecular flexibility index (Phi) is 4.78. The lowest BCUT2D eigenvalue weighted by Crippen LogP contribution is -2.21. The van der Waals surface area contributed by atoms with E-state index in [1.165, 1.54) is 12.1 Å². The fourth-order valence-corrected chi connectivity index (χ4v) is 3.55. The van der Waals surface area contributed by atoms with E-state index in [2.05, 4.69) is 21.2 Å². The van der Waals surface area contributed by atoms with Crippen molar-refractivity contribution in [1.82, 2.24) is 5.32 Å². The van der Waals surface area contributed by atoms with E-state index in [1.54, 1.807) is 17.4 Å². The van der Waals surface area contributed by atoms with E-state index in [0.717, 1.165) is 21.5 Å². The number of rotatable bonds is 4. The zero-order valence-corrected chi connectivity index (χ0v) is 12.9. The molecule has 2 aromatic rings. The molecule has 0 bridgehead atoms. The summed E-state index contributed by atoms with van der Waals surface area (Å²) in [6.45, 7) is 2.80. The van der Waals surface area contributed by atoms with Crippen LogP contribution in [0.2, 0.25) is 5.02 Å². The molecule has 96 valence electrons. The molecule has 0 aliphatic heterocycles. The Morgan fingerprint density at radius 2 is 2.22 bits per heavy atom. The van der Waals surface area contributed by atoms with Gasteiger partial charge in [-0.2, -0.15) is 0 Å². The summed E-state index contributed by atoms with van der Waals surface area (Å²) in [5, 5.41) is 5.92. The van der Waals surface area contributed by atoms with Gasteiger partial charge in [0.2, 0.25) is 0 Å². The maximum atomic E-state index is 13.4. The number of nitrogens with one attached hydrogen (secondary N) is 1. The minimum absolute atomic E-state index is 0.0745. The van der Waals surface area contributed by atoms with Gasteiger partial charge >= 0.3 is 0 Å². The van der Waals surface area contributed by atoms with Gasteiger partial charge in [-0.3, -0.25) is 0 Å². The van der Waals surface area contributed by atoms with Crippen LogP contribution >= 0.6 is 38.9 Å². The predicted molar refractivity (Wildman–Crippen MR) is 78.9 cm³/mol. The molecule has 1 N–H and O–H groups in total. The zero-order valence-electron chi connectivity index (χ0n) is 9.71. The van der Waals surface area contributed by atoms with Crippen LogP contribution < -0.4 is 5.32 Å². The average molecular weight is 349 g/mol. The Hall–Kier alpha value is -0.420. The average Bonchev–Trinajstić information content (AvgIpc) is 2.76. The van der Waals surface area contributed by atoms with Gasteiger partial charge in [-0.25, -0.2) is 4.39 Å². The third-order valence-electron chi connectivity index (χ3n) is 2.55. The number of halogens is 3. The van der Waals surface area contributed by atoms with Crippen molar-refractivity contribution in [3.8, 4) is 0 Å². The molecular weight excluding hydrogens is 337 g/mol. The molecule has 1 aromatic carbocycles. The Morgan fingerprint density at radius 1 is 1.44 bits per heavy atom. The highest BCUT2D eigenvalue weighted by atomic mass is 79.9. The lowest BCUT2D eigenvalue weighted by atomic mass is 10.1. The molecule has 0 aliphatic rings. The normalized spacial score (nSPS) is 12.7. The molecule has 1 atom stereocenters. The van der Waals surface area contributed by atoms with Gasteiger partial charge in [-0.1, -0.05) is 18.5 Å². The Balaban J connectivity index is 2.44. The molecule has 18 heavy (non-hydrogen) atoms. The first-order chi connectivity index (χ1) is 8.61. The second kappa shape index (κ2) is 6.15. The molecule has 0 saturated carbocycles. The Bertz CT molecular complexity index is 544. The van der Waals surface area contributed by atoms with Gasteiger partial charge in [0.25, 0.3) is 0 Å². The van der Waals surface area contributed by atoms with Crippen LogP contribution in [0.5, 0.6) is 0 Å². The van der Waals surface area contributed by atoms with Crippen LogP contribution in [-0.2, 0) is 0 Å². The SMILES string of the molecule is CCNC(c1cc(Br)cs1)c1cc(F)ccc1Cl. The van der Waals surface area contributed by atoms with Crippen molar-refractivity contribution >= 4 is 38.9 Å². The molecule has 1 heterocycles. The largest absolute Gasteiger partial charge is 0.306 e. The molecule has 5 heteroatoms. The molecule has 0 fully saturated rings. The van der Waals surface area contributed by atoms with Crippen molar-refractivity contribution in [3.05, 3.63) is 55.4 Å². The summed E-state index contributed by atoms with van der Waals surface area (Å²) in [5.74, 6) is -0.270. The van der Waals surface area contributed by atoms with Crippen molar-refractivity contribution in [1.29, 1.82) is 0 Å². The number of thiophene rings is 1. The minimum atomic E-state index is -0.270.